The van der Waals surface area contributed by atoms with Gasteiger partial charge in [0.05, 0.1) is 6.61 Å². The highest BCUT2D eigenvalue weighted by atomic mass is 19.1. The van der Waals surface area contributed by atoms with Crippen LogP contribution in [-0.4, -0.2) is 12.9 Å². The molecule has 0 aliphatic heterocycles. The van der Waals surface area contributed by atoms with Gasteiger partial charge in [0, 0.05) is 18.1 Å². The molecule has 0 fully saturated rings. The number of halogens is 2. The number of ether oxygens (including phenoxy) is 1. The van der Waals surface area contributed by atoms with Crippen LogP contribution in [0.5, 0.6) is 5.75 Å². The summed E-state index contributed by atoms with van der Waals surface area (Å²) in [5.74, 6) is -0.224. The molecule has 0 spiro atoms. The minimum absolute atomic E-state index is 0.342. The Morgan fingerprint density at radius 2 is 1.58 bits per heavy atom. The molecular weight excluding hydrogens is 310 g/mol. The Labute approximate surface area is 141 Å². The second-order valence-corrected chi connectivity index (χ2v) is 5.72. The van der Waals surface area contributed by atoms with Crippen molar-refractivity contribution in [2.24, 2.45) is 0 Å². The maximum Gasteiger partial charge on any atom is 0.134 e. The monoisotopic (exact) mass is 332 g/mol. The van der Waals surface area contributed by atoms with Gasteiger partial charge < -0.3 is 9.53 Å². The van der Waals surface area contributed by atoms with Crippen molar-refractivity contribution < 1.29 is 18.3 Å². The standard InChI is InChI=1S/C20H22F2O2/c21-17-9-7-16(8-10-17)19-12-11-18(15-20(19)22)24-14-6-4-2-1-3-5-13-23/h7-13,15H,1-6,14H2. The molecule has 0 bridgehead atoms. The Balaban J connectivity index is 1.78. The molecule has 2 nitrogen and oxygen atoms in total. The van der Waals surface area contributed by atoms with Crippen LogP contribution in [0.25, 0.3) is 11.1 Å². The molecule has 0 heterocycles. The zero-order valence-electron chi connectivity index (χ0n) is 13.6. The fourth-order valence-electron chi connectivity index (χ4n) is 2.50. The van der Waals surface area contributed by atoms with Crippen LogP contribution in [-0.2, 0) is 4.79 Å². The van der Waals surface area contributed by atoms with E-state index in [2.05, 4.69) is 0 Å². The quantitative estimate of drug-likeness (QED) is 0.421. The number of rotatable bonds is 10. The van der Waals surface area contributed by atoms with Crippen LogP contribution in [0, 0.1) is 11.6 Å². The summed E-state index contributed by atoms with van der Waals surface area (Å²) in [5.41, 5.74) is 1.06. The van der Waals surface area contributed by atoms with Crippen LogP contribution in [0.3, 0.4) is 0 Å². The first-order valence-electron chi connectivity index (χ1n) is 8.32. The highest BCUT2D eigenvalue weighted by molar-refractivity contribution is 5.64. The number of benzene rings is 2. The van der Waals surface area contributed by atoms with Gasteiger partial charge in [0.1, 0.15) is 23.7 Å². The molecule has 0 aliphatic rings. The van der Waals surface area contributed by atoms with Gasteiger partial charge in [-0.1, -0.05) is 31.4 Å². The van der Waals surface area contributed by atoms with Gasteiger partial charge in [-0.25, -0.2) is 8.78 Å². The summed E-state index contributed by atoms with van der Waals surface area (Å²) in [5, 5.41) is 0. The van der Waals surface area contributed by atoms with E-state index in [-0.39, 0.29) is 11.6 Å². The summed E-state index contributed by atoms with van der Waals surface area (Å²) in [6.07, 6.45) is 6.61. The fraction of sp³-hybridized carbons (Fsp3) is 0.350. The molecule has 0 N–H and O–H groups in total. The van der Waals surface area contributed by atoms with Crippen molar-refractivity contribution in [2.75, 3.05) is 6.61 Å². The van der Waals surface area contributed by atoms with E-state index >= 15 is 0 Å². The Morgan fingerprint density at radius 1 is 0.875 bits per heavy atom. The third-order valence-electron chi connectivity index (χ3n) is 3.83. The minimum Gasteiger partial charge on any atom is -0.493 e. The lowest BCUT2D eigenvalue weighted by atomic mass is 10.1. The first kappa shape index (κ1) is 18.1. The van der Waals surface area contributed by atoms with Crippen molar-refractivity contribution in [2.45, 2.75) is 38.5 Å². The summed E-state index contributed by atoms with van der Waals surface area (Å²) in [4.78, 5) is 10.2. The van der Waals surface area contributed by atoms with Crippen molar-refractivity contribution in [3.05, 3.63) is 54.1 Å². The average Bonchev–Trinajstić information content (AvgIpc) is 2.58. The molecule has 128 valence electrons. The van der Waals surface area contributed by atoms with Gasteiger partial charge in [-0.15, -0.1) is 0 Å². The second-order valence-electron chi connectivity index (χ2n) is 5.72. The van der Waals surface area contributed by atoms with Gasteiger partial charge >= 0.3 is 0 Å². The van der Waals surface area contributed by atoms with Crippen molar-refractivity contribution >= 4 is 6.29 Å². The van der Waals surface area contributed by atoms with Gasteiger partial charge in [0.25, 0.3) is 0 Å². The molecular formula is C20H22F2O2. The molecule has 24 heavy (non-hydrogen) atoms. The summed E-state index contributed by atoms with van der Waals surface area (Å²) in [7, 11) is 0. The van der Waals surface area contributed by atoms with E-state index in [0.29, 0.717) is 29.9 Å². The van der Waals surface area contributed by atoms with Crippen LogP contribution < -0.4 is 4.74 Å². The predicted molar refractivity (Wildman–Crippen MR) is 91.1 cm³/mol. The van der Waals surface area contributed by atoms with E-state index in [1.54, 1.807) is 24.3 Å². The van der Waals surface area contributed by atoms with Gasteiger partial charge in [0.2, 0.25) is 0 Å². The van der Waals surface area contributed by atoms with E-state index in [4.69, 9.17) is 4.74 Å². The SMILES string of the molecule is O=CCCCCCCCOc1ccc(-c2ccc(F)cc2)c(F)c1. The molecule has 0 unspecified atom stereocenters. The molecule has 0 radical (unpaired) electrons. The van der Waals surface area contributed by atoms with Crippen molar-refractivity contribution in [1.29, 1.82) is 0 Å². The Hall–Kier alpha value is -2.23. The molecule has 2 aromatic carbocycles. The van der Waals surface area contributed by atoms with Crippen molar-refractivity contribution in [3.8, 4) is 16.9 Å². The Morgan fingerprint density at radius 3 is 2.29 bits per heavy atom. The normalized spacial score (nSPS) is 10.6. The first-order valence-corrected chi connectivity index (χ1v) is 8.32. The highest BCUT2D eigenvalue weighted by Gasteiger charge is 2.07. The third kappa shape index (κ3) is 5.76. The van der Waals surface area contributed by atoms with Gasteiger partial charge in [-0.2, -0.15) is 0 Å². The van der Waals surface area contributed by atoms with Crippen LogP contribution in [0.4, 0.5) is 8.78 Å². The fourth-order valence-corrected chi connectivity index (χ4v) is 2.50. The number of hydrogen-bond donors (Lipinski definition) is 0. The number of aldehydes is 1. The Bertz CT molecular complexity index is 639. The van der Waals surface area contributed by atoms with E-state index < -0.39 is 0 Å². The highest BCUT2D eigenvalue weighted by Crippen LogP contribution is 2.26. The topological polar surface area (TPSA) is 26.3 Å². The minimum atomic E-state index is -0.382. The van der Waals surface area contributed by atoms with Gasteiger partial charge in [-0.3, -0.25) is 0 Å². The zero-order chi connectivity index (χ0) is 17.2. The lowest BCUT2D eigenvalue weighted by molar-refractivity contribution is -0.107. The molecule has 0 saturated heterocycles. The van der Waals surface area contributed by atoms with Gasteiger partial charge in [-0.05, 0) is 42.7 Å². The van der Waals surface area contributed by atoms with E-state index in [0.717, 1.165) is 38.4 Å². The Kier molecular flexibility index (Phi) is 7.40. The summed E-state index contributed by atoms with van der Waals surface area (Å²) < 4.78 is 32.7. The molecule has 0 saturated carbocycles. The maximum atomic E-state index is 14.2. The lowest BCUT2D eigenvalue weighted by Gasteiger charge is -2.09. The van der Waals surface area contributed by atoms with Crippen molar-refractivity contribution in [1.82, 2.24) is 0 Å². The van der Waals surface area contributed by atoms with Crippen LogP contribution in [0.1, 0.15) is 38.5 Å². The molecule has 2 rings (SSSR count). The summed E-state index contributed by atoms with van der Waals surface area (Å²) in [6.45, 7) is 0.545. The number of carbonyl (C=O) groups excluding carboxylic acids is 1. The number of unbranched alkanes of at least 4 members (excludes halogenated alkanes) is 5. The molecule has 0 atom stereocenters. The zero-order valence-corrected chi connectivity index (χ0v) is 13.6. The second kappa shape index (κ2) is 9.81. The van der Waals surface area contributed by atoms with E-state index in [1.165, 1.54) is 18.2 Å². The van der Waals surface area contributed by atoms with Crippen LogP contribution in [0.2, 0.25) is 0 Å². The predicted octanol–water partition coefficient (Wildman–Crippen LogP) is 5.55. The molecule has 4 heteroatoms. The van der Waals surface area contributed by atoms with E-state index in [9.17, 15) is 13.6 Å². The van der Waals surface area contributed by atoms with Gasteiger partial charge in [0.15, 0.2) is 0 Å². The van der Waals surface area contributed by atoms with Crippen LogP contribution in [0.15, 0.2) is 42.5 Å². The number of carbonyl (C=O) groups is 1. The largest absolute Gasteiger partial charge is 0.493 e. The molecule has 2 aromatic rings. The smallest absolute Gasteiger partial charge is 0.134 e. The maximum absolute atomic E-state index is 14.2. The summed E-state index contributed by atoms with van der Waals surface area (Å²) in [6, 6.07) is 10.5. The molecule has 0 aliphatic carbocycles. The number of hydrogen-bond acceptors (Lipinski definition) is 2. The first-order chi connectivity index (χ1) is 11.7. The molecule has 0 aromatic heterocycles. The van der Waals surface area contributed by atoms with Crippen molar-refractivity contribution in [3.63, 3.8) is 0 Å². The van der Waals surface area contributed by atoms with Crippen LogP contribution >= 0.6 is 0 Å². The average molecular weight is 332 g/mol. The van der Waals surface area contributed by atoms with E-state index in [1.807, 2.05) is 0 Å². The summed E-state index contributed by atoms with van der Waals surface area (Å²) >= 11 is 0. The molecule has 0 amide bonds. The lowest BCUT2D eigenvalue weighted by Crippen LogP contribution is -1.98. The third-order valence-corrected chi connectivity index (χ3v) is 3.83.